The molecule has 0 saturated heterocycles. The van der Waals surface area contributed by atoms with Crippen LogP contribution in [0.25, 0.3) is 6.08 Å². The first-order valence-corrected chi connectivity index (χ1v) is 11.6. The average molecular weight is 495 g/mol. The van der Waals surface area contributed by atoms with Gasteiger partial charge >= 0.3 is 0 Å². The van der Waals surface area contributed by atoms with Crippen LogP contribution in [0, 0.1) is 11.3 Å². The third-order valence-corrected chi connectivity index (χ3v) is 5.42. The highest BCUT2D eigenvalue weighted by Gasteiger charge is 2.10. The minimum Gasteiger partial charge on any atom is -0.489 e. The van der Waals surface area contributed by atoms with E-state index in [9.17, 15) is 10.1 Å². The highest BCUT2D eigenvalue weighted by Crippen LogP contribution is 2.20. The maximum absolute atomic E-state index is 12.7. The quantitative estimate of drug-likeness (QED) is 0.200. The fraction of sp³-hybridized carbons (Fsp3) is 0.0667. The Morgan fingerprint density at radius 3 is 2.25 bits per heavy atom. The van der Waals surface area contributed by atoms with Crippen molar-refractivity contribution in [3.63, 3.8) is 0 Å². The summed E-state index contributed by atoms with van der Waals surface area (Å²) in [5, 5.41) is 13.0. The highest BCUT2D eigenvalue weighted by atomic mass is 35.5. The summed E-state index contributed by atoms with van der Waals surface area (Å²) in [5.74, 6) is 0.802. The lowest BCUT2D eigenvalue weighted by atomic mass is 10.1. The van der Waals surface area contributed by atoms with Crippen molar-refractivity contribution in [2.45, 2.75) is 13.2 Å². The second kappa shape index (κ2) is 12.3. The number of carbonyl (C=O) groups is 1. The van der Waals surface area contributed by atoms with E-state index in [1.807, 2.05) is 60.7 Å². The topological polar surface area (TPSA) is 71.3 Å². The van der Waals surface area contributed by atoms with Gasteiger partial charge in [-0.3, -0.25) is 4.79 Å². The molecule has 1 amide bonds. The Hall–Kier alpha value is -4.53. The minimum atomic E-state index is -0.499. The van der Waals surface area contributed by atoms with Gasteiger partial charge in [0.25, 0.3) is 5.91 Å². The van der Waals surface area contributed by atoms with Gasteiger partial charge in [0, 0.05) is 10.7 Å². The van der Waals surface area contributed by atoms with Crippen LogP contribution in [-0.4, -0.2) is 5.91 Å². The smallest absolute Gasteiger partial charge is 0.266 e. The molecule has 178 valence electrons. The van der Waals surface area contributed by atoms with Crippen LogP contribution in [0.4, 0.5) is 5.69 Å². The van der Waals surface area contributed by atoms with Crippen molar-refractivity contribution in [2.24, 2.45) is 0 Å². The fourth-order valence-electron chi connectivity index (χ4n) is 3.38. The zero-order valence-corrected chi connectivity index (χ0v) is 20.1. The molecule has 0 aliphatic rings. The van der Waals surface area contributed by atoms with Crippen LogP contribution in [0.3, 0.4) is 0 Å². The molecular weight excluding hydrogens is 472 g/mol. The number of nitrogens with zero attached hydrogens (tertiary/aromatic N) is 1. The Balaban J connectivity index is 1.36. The van der Waals surface area contributed by atoms with Crippen molar-refractivity contribution >= 4 is 29.3 Å². The number of hydrogen-bond donors (Lipinski definition) is 1. The van der Waals surface area contributed by atoms with Gasteiger partial charge in [-0.15, -0.1) is 0 Å². The molecule has 0 fully saturated rings. The maximum Gasteiger partial charge on any atom is 0.266 e. The van der Waals surface area contributed by atoms with Gasteiger partial charge in [0.1, 0.15) is 36.4 Å². The Labute approximate surface area is 215 Å². The standard InChI is InChI=1S/C30H23ClN2O3/c31-26-10-4-9-24(17-26)21-36-29-11-5-8-23(18-29)16-25(19-32)30(34)33-27-12-14-28(15-13-27)35-20-22-6-2-1-3-7-22/h1-18H,20-21H2,(H,33,34)/b25-16-. The first-order valence-electron chi connectivity index (χ1n) is 11.3. The van der Waals surface area contributed by atoms with Crippen molar-refractivity contribution in [3.05, 3.63) is 130 Å². The van der Waals surface area contributed by atoms with E-state index in [1.165, 1.54) is 6.08 Å². The molecule has 0 spiro atoms. The second-order valence-corrected chi connectivity index (χ2v) is 8.35. The molecule has 4 rings (SSSR count). The summed E-state index contributed by atoms with van der Waals surface area (Å²) in [7, 11) is 0. The summed E-state index contributed by atoms with van der Waals surface area (Å²) in [6.07, 6.45) is 1.53. The Kier molecular flexibility index (Phi) is 8.37. The number of ether oxygens (including phenoxy) is 2. The molecule has 0 heterocycles. The van der Waals surface area contributed by atoms with Crippen molar-refractivity contribution in [1.82, 2.24) is 0 Å². The average Bonchev–Trinajstić information content (AvgIpc) is 2.91. The molecule has 5 nitrogen and oxygen atoms in total. The third-order valence-electron chi connectivity index (χ3n) is 5.19. The molecule has 0 bridgehead atoms. The van der Waals surface area contributed by atoms with Crippen LogP contribution < -0.4 is 14.8 Å². The SMILES string of the molecule is N#C/C(=C/c1cccc(OCc2cccc(Cl)c2)c1)C(=O)Nc1ccc(OCc2ccccc2)cc1. The predicted molar refractivity (Wildman–Crippen MR) is 142 cm³/mol. The van der Waals surface area contributed by atoms with Gasteiger partial charge in [-0.25, -0.2) is 0 Å². The lowest BCUT2D eigenvalue weighted by molar-refractivity contribution is -0.112. The fourth-order valence-corrected chi connectivity index (χ4v) is 3.59. The summed E-state index contributed by atoms with van der Waals surface area (Å²) < 4.78 is 11.6. The minimum absolute atomic E-state index is 0.0219. The monoisotopic (exact) mass is 494 g/mol. The van der Waals surface area contributed by atoms with Crippen molar-refractivity contribution in [3.8, 4) is 17.6 Å². The predicted octanol–water partition coefficient (Wildman–Crippen LogP) is 7.04. The van der Waals surface area contributed by atoms with Crippen molar-refractivity contribution in [1.29, 1.82) is 5.26 Å². The molecule has 0 aromatic heterocycles. The van der Waals surface area contributed by atoms with E-state index in [4.69, 9.17) is 21.1 Å². The molecule has 6 heteroatoms. The number of rotatable bonds is 9. The Bertz CT molecular complexity index is 1390. The van der Waals surface area contributed by atoms with Gasteiger partial charge in [-0.05, 0) is 71.3 Å². The zero-order valence-electron chi connectivity index (χ0n) is 19.4. The Morgan fingerprint density at radius 1 is 0.806 bits per heavy atom. The molecule has 0 aliphatic carbocycles. The zero-order chi connectivity index (χ0) is 25.2. The van der Waals surface area contributed by atoms with Gasteiger partial charge in [0.2, 0.25) is 0 Å². The van der Waals surface area contributed by atoms with E-state index >= 15 is 0 Å². The molecule has 0 unspecified atom stereocenters. The molecule has 0 saturated carbocycles. The van der Waals surface area contributed by atoms with Crippen LogP contribution in [0.2, 0.25) is 5.02 Å². The first-order chi connectivity index (χ1) is 17.6. The lowest BCUT2D eigenvalue weighted by Crippen LogP contribution is -2.13. The normalized spacial score (nSPS) is 10.8. The summed E-state index contributed by atoms with van der Waals surface area (Å²) in [4.78, 5) is 12.7. The first kappa shape index (κ1) is 24.6. The summed E-state index contributed by atoms with van der Waals surface area (Å²) >= 11 is 6.02. The maximum atomic E-state index is 12.7. The molecule has 0 aliphatic heterocycles. The van der Waals surface area contributed by atoms with Crippen LogP contribution in [-0.2, 0) is 18.0 Å². The number of nitriles is 1. The van der Waals surface area contributed by atoms with Gasteiger partial charge in [-0.1, -0.05) is 66.2 Å². The lowest BCUT2D eigenvalue weighted by Gasteiger charge is -2.09. The van der Waals surface area contributed by atoms with Gasteiger partial charge < -0.3 is 14.8 Å². The number of anilines is 1. The molecule has 4 aromatic carbocycles. The number of carbonyl (C=O) groups excluding carboxylic acids is 1. The van der Waals surface area contributed by atoms with E-state index in [0.29, 0.717) is 41.0 Å². The van der Waals surface area contributed by atoms with Crippen LogP contribution >= 0.6 is 11.6 Å². The van der Waals surface area contributed by atoms with Gasteiger partial charge in [0.15, 0.2) is 0 Å². The molecule has 0 atom stereocenters. The second-order valence-electron chi connectivity index (χ2n) is 7.91. The summed E-state index contributed by atoms with van der Waals surface area (Å²) in [6, 6.07) is 33.5. The van der Waals surface area contributed by atoms with E-state index in [2.05, 4.69) is 5.32 Å². The van der Waals surface area contributed by atoms with E-state index in [1.54, 1.807) is 48.5 Å². The number of benzene rings is 4. The molecule has 1 N–H and O–H groups in total. The molecule has 0 radical (unpaired) electrons. The highest BCUT2D eigenvalue weighted by molar-refractivity contribution is 6.30. The largest absolute Gasteiger partial charge is 0.489 e. The third kappa shape index (κ3) is 7.23. The number of amides is 1. The van der Waals surface area contributed by atoms with Crippen LogP contribution in [0.1, 0.15) is 16.7 Å². The molecule has 36 heavy (non-hydrogen) atoms. The molecular formula is C30H23ClN2O3. The van der Waals surface area contributed by atoms with Gasteiger partial charge in [-0.2, -0.15) is 5.26 Å². The van der Waals surface area contributed by atoms with E-state index < -0.39 is 5.91 Å². The number of hydrogen-bond acceptors (Lipinski definition) is 4. The number of nitrogens with one attached hydrogen (secondary N) is 1. The summed E-state index contributed by atoms with van der Waals surface area (Å²) in [6.45, 7) is 0.806. The van der Waals surface area contributed by atoms with Crippen molar-refractivity contribution in [2.75, 3.05) is 5.32 Å². The summed E-state index contributed by atoms with van der Waals surface area (Å²) in [5.41, 5.74) is 3.22. The molecule has 4 aromatic rings. The van der Waals surface area contributed by atoms with E-state index in [-0.39, 0.29) is 5.57 Å². The van der Waals surface area contributed by atoms with Gasteiger partial charge in [0.05, 0.1) is 0 Å². The van der Waals surface area contributed by atoms with Crippen LogP contribution in [0.5, 0.6) is 11.5 Å². The van der Waals surface area contributed by atoms with E-state index in [0.717, 1.165) is 11.1 Å². The Morgan fingerprint density at radius 2 is 1.50 bits per heavy atom. The van der Waals surface area contributed by atoms with Crippen molar-refractivity contribution < 1.29 is 14.3 Å². The number of halogens is 1. The van der Waals surface area contributed by atoms with Crippen LogP contribution in [0.15, 0.2) is 109 Å².